The van der Waals surface area contributed by atoms with E-state index in [1.54, 1.807) is 12.4 Å². The number of hydrogen-bond donors (Lipinski definition) is 2. The fourth-order valence-electron chi connectivity index (χ4n) is 3.29. The molecule has 3 heterocycles. The molecule has 0 unspecified atom stereocenters. The van der Waals surface area contributed by atoms with Crippen LogP contribution in [0.15, 0.2) is 48.8 Å². The minimum atomic E-state index is 0.183. The number of aryl methyl sites for hydroxylation is 1. The van der Waals surface area contributed by atoms with E-state index in [9.17, 15) is 0 Å². The van der Waals surface area contributed by atoms with E-state index in [-0.39, 0.29) is 6.61 Å². The second-order valence-corrected chi connectivity index (χ2v) is 7.00. The molecule has 1 saturated heterocycles. The van der Waals surface area contributed by atoms with Crippen molar-refractivity contribution in [2.75, 3.05) is 49.5 Å². The van der Waals surface area contributed by atoms with Crippen LogP contribution in [-0.4, -0.2) is 69.3 Å². The van der Waals surface area contributed by atoms with Gasteiger partial charge in [-0.15, -0.1) is 0 Å². The van der Waals surface area contributed by atoms with Gasteiger partial charge in [0.15, 0.2) is 0 Å². The van der Waals surface area contributed by atoms with Gasteiger partial charge in [0.05, 0.1) is 12.8 Å². The quantitative estimate of drug-likeness (QED) is 0.611. The van der Waals surface area contributed by atoms with Crippen LogP contribution in [-0.2, 0) is 0 Å². The zero-order valence-corrected chi connectivity index (χ0v) is 16.9. The first-order valence-corrected chi connectivity index (χ1v) is 9.95. The van der Waals surface area contributed by atoms with Crippen LogP contribution in [0, 0.1) is 6.92 Å². The fraction of sp³-hybridized carbons (Fsp3) is 0.333. The van der Waals surface area contributed by atoms with Gasteiger partial charge in [0.1, 0.15) is 17.3 Å². The Bertz CT molecular complexity index is 963. The minimum Gasteiger partial charge on any atom is -0.456 e. The highest BCUT2D eigenvalue weighted by molar-refractivity contribution is 5.57. The topological polar surface area (TPSA) is 99.5 Å². The number of pyridine rings is 1. The van der Waals surface area contributed by atoms with Gasteiger partial charge in [0.25, 0.3) is 0 Å². The number of aliphatic hydroxyl groups is 1. The Labute approximate surface area is 175 Å². The first-order chi connectivity index (χ1) is 14.7. The van der Waals surface area contributed by atoms with Crippen LogP contribution in [0.3, 0.4) is 0 Å². The van der Waals surface area contributed by atoms with Crippen LogP contribution in [0.1, 0.15) is 5.82 Å². The SMILES string of the molecule is Cc1nc(Nc2cccc(Oc3cccnc3)c2)nc(N2CCN(CCO)CC2)n1. The number of hydrogen-bond acceptors (Lipinski definition) is 9. The lowest BCUT2D eigenvalue weighted by molar-refractivity contribution is 0.188. The number of nitrogens with zero attached hydrogens (tertiary/aromatic N) is 6. The molecular weight excluding hydrogens is 382 g/mol. The van der Waals surface area contributed by atoms with Gasteiger partial charge in [0.2, 0.25) is 11.9 Å². The van der Waals surface area contributed by atoms with Crippen molar-refractivity contribution in [1.82, 2.24) is 24.8 Å². The molecule has 1 aliphatic rings. The number of nitrogens with one attached hydrogen (secondary N) is 1. The van der Waals surface area contributed by atoms with Crippen molar-refractivity contribution < 1.29 is 9.84 Å². The summed E-state index contributed by atoms with van der Waals surface area (Å²) in [5, 5.41) is 12.4. The summed E-state index contributed by atoms with van der Waals surface area (Å²) in [5.74, 6) is 3.18. The summed E-state index contributed by atoms with van der Waals surface area (Å²) in [6, 6.07) is 11.3. The Morgan fingerprint density at radius 2 is 1.87 bits per heavy atom. The molecule has 9 nitrogen and oxygen atoms in total. The summed E-state index contributed by atoms with van der Waals surface area (Å²) in [7, 11) is 0. The zero-order chi connectivity index (χ0) is 20.8. The molecule has 0 amide bonds. The van der Waals surface area contributed by atoms with Gasteiger partial charge in [-0.1, -0.05) is 6.07 Å². The lowest BCUT2D eigenvalue weighted by Crippen LogP contribution is -2.47. The van der Waals surface area contributed by atoms with E-state index >= 15 is 0 Å². The Kier molecular flexibility index (Phi) is 6.31. The predicted octanol–water partition coefficient (Wildman–Crippen LogP) is 2.23. The second kappa shape index (κ2) is 9.47. The molecule has 9 heteroatoms. The molecular formula is C21H25N7O2. The molecule has 156 valence electrons. The van der Waals surface area contributed by atoms with E-state index < -0.39 is 0 Å². The smallest absolute Gasteiger partial charge is 0.232 e. The normalized spacial score (nSPS) is 14.5. The molecule has 0 aliphatic carbocycles. The monoisotopic (exact) mass is 407 g/mol. The highest BCUT2D eigenvalue weighted by Crippen LogP contribution is 2.25. The van der Waals surface area contributed by atoms with E-state index in [4.69, 9.17) is 9.84 Å². The van der Waals surface area contributed by atoms with Crippen LogP contribution in [0.2, 0.25) is 0 Å². The van der Waals surface area contributed by atoms with Gasteiger partial charge >= 0.3 is 0 Å². The Morgan fingerprint density at radius 3 is 2.63 bits per heavy atom. The van der Waals surface area contributed by atoms with Crippen molar-refractivity contribution in [3.63, 3.8) is 0 Å². The predicted molar refractivity (Wildman–Crippen MR) is 114 cm³/mol. The summed E-state index contributed by atoms with van der Waals surface area (Å²) < 4.78 is 5.84. The number of rotatable bonds is 7. The largest absolute Gasteiger partial charge is 0.456 e. The van der Waals surface area contributed by atoms with E-state index in [1.165, 1.54) is 0 Å². The van der Waals surface area contributed by atoms with E-state index in [0.717, 1.165) is 31.9 Å². The average Bonchev–Trinajstić information content (AvgIpc) is 2.75. The van der Waals surface area contributed by atoms with Crippen LogP contribution >= 0.6 is 0 Å². The molecule has 0 atom stereocenters. The number of β-amino-alcohol motifs (C(OH)–C–C–N with tert-alkyl or cyclic N) is 1. The molecule has 0 saturated carbocycles. The molecule has 2 aromatic heterocycles. The first-order valence-electron chi connectivity index (χ1n) is 9.95. The molecule has 1 fully saturated rings. The number of piperazine rings is 1. The van der Waals surface area contributed by atoms with Crippen LogP contribution in [0.5, 0.6) is 11.5 Å². The summed E-state index contributed by atoms with van der Waals surface area (Å²) in [4.78, 5) is 22.0. The lowest BCUT2D eigenvalue weighted by Gasteiger charge is -2.34. The number of anilines is 3. The van der Waals surface area contributed by atoms with Crippen molar-refractivity contribution >= 4 is 17.6 Å². The third-order valence-electron chi connectivity index (χ3n) is 4.77. The maximum Gasteiger partial charge on any atom is 0.232 e. The number of ether oxygens (including phenoxy) is 1. The molecule has 0 radical (unpaired) electrons. The molecule has 4 rings (SSSR count). The number of aliphatic hydroxyl groups excluding tert-OH is 1. The highest BCUT2D eigenvalue weighted by atomic mass is 16.5. The van der Waals surface area contributed by atoms with Gasteiger partial charge < -0.3 is 20.1 Å². The Balaban J connectivity index is 1.45. The van der Waals surface area contributed by atoms with Crippen molar-refractivity contribution in [3.8, 4) is 11.5 Å². The first kappa shape index (κ1) is 20.0. The highest BCUT2D eigenvalue weighted by Gasteiger charge is 2.19. The van der Waals surface area contributed by atoms with Crippen LogP contribution in [0.4, 0.5) is 17.6 Å². The summed E-state index contributed by atoms with van der Waals surface area (Å²) in [6.45, 7) is 6.13. The van der Waals surface area contributed by atoms with Gasteiger partial charge in [-0.3, -0.25) is 9.88 Å². The van der Waals surface area contributed by atoms with Crippen LogP contribution in [0.25, 0.3) is 0 Å². The van der Waals surface area contributed by atoms with Gasteiger partial charge in [0, 0.05) is 50.7 Å². The molecule has 30 heavy (non-hydrogen) atoms. The molecule has 2 N–H and O–H groups in total. The minimum absolute atomic E-state index is 0.183. The van der Waals surface area contributed by atoms with Crippen molar-refractivity contribution in [1.29, 1.82) is 0 Å². The third kappa shape index (κ3) is 5.19. The molecule has 3 aromatic rings. The van der Waals surface area contributed by atoms with E-state index in [0.29, 0.717) is 35.8 Å². The van der Waals surface area contributed by atoms with Crippen LogP contribution < -0.4 is 15.0 Å². The van der Waals surface area contributed by atoms with Gasteiger partial charge in [-0.25, -0.2) is 0 Å². The summed E-state index contributed by atoms with van der Waals surface area (Å²) in [6.07, 6.45) is 3.38. The van der Waals surface area contributed by atoms with E-state index in [1.807, 2.05) is 43.3 Å². The maximum absolute atomic E-state index is 9.11. The van der Waals surface area contributed by atoms with Crippen molar-refractivity contribution in [3.05, 3.63) is 54.6 Å². The van der Waals surface area contributed by atoms with Gasteiger partial charge in [-0.05, 0) is 31.2 Å². The van der Waals surface area contributed by atoms with Gasteiger partial charge in [-0.2, -0.15) is 15.0 Å². The number of aromatic nitrogens is 4. The third-order valence-corrected chi connectivity index (χ3v) is 4.77. The lowest BCUT2D eigenvalue weighted by atomic mass is 10.3. The maximum atomic E-state index is 9.11. The average molecular weight is 407 g/mol. The summed E-state index contributed by atoms with van der Waals surface area (Å²) >= 11 is 0. The van der Waals surface area contributed by atoms with Crippen molar-refractivity contribution in [2.45, 2.75) is 6.92 Å². The molecule has 1 aromatic carbocycles. The van der Waals surface area contributed by atoms with E-state index in [2.05, 4.69) is 35.1 Å². The Hall–Kier alpha value is -3.30. The second-order valence-electron chi connectivity index (χ2n) is 7.00. The zero-order valence-electron chi connectivity index (χ0n) is 16.9. The Morgan fingerprint density at radius 1 is 1.03 bits per heavy atom. The summed E-state index contributed by atoms with van der Waals surface area (Å²) in [5.41, 5.74) is 0.820. The molecule has 0 spiro atoms. The standard InChI is InChI=1S/C21H25N7O2/c1-16-23-20(26-21(24-16)28-10-8-27(9-11-28)12-13-29)25-17-4-2-5-18(14-17)30-19-6-3-7-22-15-19/h2-7,14-15,29H,8-13H2,1H3,(H,23,24,25,26). The molecule has 1 aliphatic heterocycles. The number of benzene rings is 1. The fourth-order valence-corrected chi connectivity index (χ4v) is 3.29. The molecule has 0 bridgehead atoms. The van der Waals surface area contributed by atoms with Crippen molar-refractivity contribution in [2.24, 2.45) is 0 Å².